The smallest absolute Gasteiger partial charge is 0.0826 e. The van der Waals surface area contributed by atoms with E-state index in [9.17, 15) is 0 Å². The van der Waals surface area contributed by atoms with E-state index in [0.29, 0.717) is 6.04 Å². The molecule has 0 bridgehead atoms. The van der Waals surface area contributed by atoms with Gasteiger partial charge in [-0.1, -0.05) is 6.42 Å². The summed E-state index contributed by atoms with van der Waals surface area (Å²) in [5.74, 6) is 0. The van der Waals surface area contributed by atoms with Crippen LogP contribution in [0.5, 0.6) is 0 Å². The van der Waals surface area contributed by atoms with Gasteiger partial charge in [0, 0.05) is 5.69 Å². The molecule has 1 aromatic rings. The summed E-state index contributed by atoms with van der Waals surface area (Å²) in [6, 6.07) is 0.525. The molecule has 0 amide bonds. The maximum atomic E-state index is 4.53. The van der Waals surface area contributed by atoms with E-state index in [-0.39, 0.29) is 0 Å². The minimum absolute atomic E-state index is 0.525. The molecule has 15 heavy (non-hydrogen) atoms. The lowest BCUT2D eigenvalue weighted by atomic mass is 9.91. The van der Waals surface area contributed by atoms with Crippen LogP contribution in [0.4, 0.5) is 0 Å². The average molecular weight is 205 g/mol. The Kier molecular flexibility index (Phi) is 2.49. The Hall–Kier alpha value is -0.830. The van der Waals surface area contributed by atoms with Gasteiger partial charge in [-0.3, -0.25) is 5.10 Å². The predicted octanol–water partition coefficient (Wildman–Crippen LogP) is 2.10. The second-order valence-electron chi connectivity index (χ2n) is 4.78. The molecule has 0 saturated carbocycles. The fourth-order valence-electron chi connectivity index (χ4n) is 2.88. The van der Waals surface area contributed by atoms with Crippen molar-refractivity contribution in [2.45, 2.75) is 51.0 Å². The summed E-state index contributed by atoms with van der Waals surface area (Å²) in [6.07, 6.45) is 9.03. The average Bonchev–Trinajstić information content (AvgIpc) is 2.74. The lowest BCUT2D eigenvalue weighted by Crippen LogP contribution is -2.28. The van der Waals surface area contributed by atoms with Crippen molar-refractivity contribution in [2.75, 3.05) is 6.54 Å². The lowest BCUT2D eigenvalue weighted by molar-refractivity contribution is 0.402. The van der Waals surface area contributed by atoms with E-state index in [2.05, 4.69) is 15.5 Å². The summed E-state index contributed by atoms with van der Waals surface area (Å²) in [5, 5.41) is 11.4. The number of fused-ring (bicyclic) bond motifs is 1. The summed E-state index contributed by atoms with van der Waals surface area (Å²) in [6.45, 7) is 1.16. The Balaban J connectivity index is 1.87. The minimum atomic E-state index is 0.525. The molecule has 1 atom stereocenters. The first-order chi connectivity index (χ1) is 7.45. The van der Waals surface area contributed by atoms with Crippen LogP contribution in [0.2, 0.25) is 0 Å². The lowest BCUT2D eigenvalue weighted by Gasteiger charge is -2.23. The van der Waals surface area contributed by atoms with Crippen LogP contribution in [-0.2, 0) is 12.8 Å². The van der Waals surface area contributed by atoms with E-state index in [4.69, 9.17) is 0 Å². The second kappa shape index (κ2) is 3.97. The van der Waals surface area contributed by atoms with Gasteiger partial charge in [0.05, 0.1) is 11.7 Å². The minimum Gasteiger partial charge on any atom is -0.309 e. The molecule has 3 rings (SSSR count). The van der Waals surface area contributed by atoms with Gasteiger partial charge in [0.2, 0.25) is 0 Å². The zero-order valence-electron chi connectivity index (χ0n) is 9.18. The molecule has 2 aliphatic rings. The first-order valence-corrected chi connectivity index (χ1v) is 6.24. The molecule has 0 unspecified atom stereocenters. The van der Waals surface area contributed by atoms with Gasteiger partial charge < -0.3 is 5.32 Å². The van der Waals surface area contributed by atoms with Crippen LogP contribution in [0.25, 0.3) is 0 Å². The summed E-state index contributed by atoms with van der Waals surface area (Å²) >= 11 is 0. The highest BCUT2D eigenvalue weighted by Crippen LogP contribution is 2.29. The largest absolute Gasteiger partial charge is 0.309 e. The summed E-state index contributed by atoms with van der Waals surface area (Å²) in [5.41, 5.74) is 4.26. The quantitative estimate of drug-likeness (QED) is 0.737. The highest BCUT2D eigenvalue weighted by atomic mass is 15.1. The van der Waals surface area contributed by atoms with E-state index < -0.39 is 0 Å². The molecule has 1 aromatic heterocycles. The van der Waals surface area contributed by atoms with Crippen molar-refractivity contribution in [3.8, 4) is 0 Å². The van der Waals surface area contributed by atoms with E-state index in [0.717, 1.165) is 6.54 Å². The number of aromatic nitrogens is 2. The zero-order chi connectivity index (χ0) is 10.1. The third-order valence-corrected chi connectivity index (χ3v) is 3.73. The first-order valence-electron chi connectivity index (χ1n) is 6.24. The van der Waals surface area contributed by atoms with Gasteiger partial charge in [0.15, 0.2) is 0 Å². The van der Waals surface area contributed by atoms with Crippen molar-refractivity contribution in [3.05, 3.63) is 17.0 Å². The van der Waals surface area contributed by atoms with E-state index in [1.807, 2.05) is 0 Å². The second-order valence-corrected chi connectivity index (χ2v) is 4.78. The number of hydrogen-bond acceptors (Lipinski definition) is 2. The van der Waals surface area contributed by atoms with Gasteiger partial charge in [0.1, 0.15) is 0 Å². The molecule has 1 fully saturated rings. The number of H-pyrrole nitrogens is 1. The number of rotatable bonds is 1. The SMILES string of the molecule is C1CC[C@@H](c2n[nH]c3c2CCCC3)NC1. The normalized spacial score (nSPS) is 26.3. The fraction of sp³-hybridized carbons (Fsp3) is 0.750. The highest BCUT2D eigenvalue weighted by molar-refractivity contribution is 5.30. The molecule has 1 aliphatic heterocycles. The zero-order valence-corrected chi connectivity index (χ0v) is 9.18. The van der Waals surface area contributed by atoms with E-state index in [1.165, 1.54) is 61.9 Å². The van der Waals surface area contributed by atoms with Crippen molar-refractivity contribution in [3.63, 3.8) is 0 Å². The van der Waals surface area contributed by atoms with Crippen molar-refractivity contribution >= 4 is 0 Å². The van der Waals surface area contributed by atoms with Gasteiger partial charge >= 0.3 is 0 Å². The van der Waals surface area contributed by atoms with Crippen LogP contribution < -0.4 is 5.32 Å². The van der Waals surface area contributed by atoms with Crippen LogP contribution in [0, 0.1) is 0 Å². The van der Waals surface area contributed by atoms with E-state index in [1.54, 1.807) is 0 Å². The number of aryl methyl sites for hydroxylation is 1. The summed E-state index contributed by atoms with van der Waals surface area (Å²) < 4.78 is 0. The molecule has 3 heteroatoms. The summed E-state index contributed by atoms with van der Waals surface area (Å²) in [7, 11) is 0. The van der Waals surface area contributed by atoms with Gasteiger partial charge in [-0.2, -0.15) is 5.10 Å². The Bertz CT molecular complexity index is 337. The third-order valence-electron chi connectivity index (χ3n) is 3.73. The number of aromatic amines is 1. The van der Waals surface area contributed by atoms with Crippen molar-refractivity contribution < 1.29 is 0 Å². The standard InChI is InChI=1S/C12H19N3/c1-2-6-10-9(5-1)12(15-14-10)11-7-3-4-8-13-11/h11,13H,1-8H2,(H,14,15)/t11-/m0/s1. The van der Waals surface area contributed by atoms with Crippen LogP contribution >= 0.6 is 0 Å². The van der Waals surface area contributed by atoms with Gasteiger partial charge in [-0.15, -0.1) is 0 Å². The monoisotopic (exact) mass is 205 g/mol. The van der Waals surface area contributed by atoms with Crippen LogP contribution in [0.15, 0.2) is 0 Å². The molecule has 2 heterocycles. The number of piperidine rings is 1. The maximum absolute atomic E-state index is 4.53. The van der Waals surface area contributed by atoms with Crippen LogP contribution in [0.3, 0.4) is 0 Å². The number of hydrogen-bond donors (Lipinski definition) is 2. The van der Waals surface area contributed by atoms with Crippen molar-refractivity contribution in [2.24, 2.45) is 0 Å². The van der Waals surface area contributed by atoms with Gasteiger partial charge in [-0.05, 0) is 50.6 Å². The van der Waals surface area contributed by atoms with Crippen molar-refractivity contribution in [1.82, 2.24) is 15.5 Å². The molecule has 1 saturated heterocycles. The molecule has 3 nitrogen and oxygen atoms in total. The topological polar surface area (TPSA) is 40.7 Å². The molecule has 0 radical (unpaired) electrons. The van der Waals surface area contributed by atoms with Crippen LogP contribution in [-0.4, -0.2) is 16.7 Å². The molecular formula is C12H19N3. The number of nitrogens with zero attached hydrogens (tertiary/aromatic N) is 1. The van der Waals surface area contributed by atoms with Gasteiger partial charge in [-0.25, -0.2) is 0 Å². The molecule has 0 aromatic carbocycles. The Morgan fingerprint density at radius 1 is 1.07 bits per heavy atom. The third kappa shape index (κ3) is 1.69. The Labute approximate surface area is 90.7 Å². The number of nitrogens with one attached hydrogen (secondary N) is 2. The van der Waals surface area contributed by atoms with Crippen molar-refractivity contribution in [1.29, 1.82) is 0 Å². The molecule has 1 aliphatic carbocycles. The van der Waals surface area contributed by atoms with Crippen LogP contribution in [0.1, 0.15) is 55.1 Å². The first kappa shape index (κ1) is 9.40. The predicted molar refractivity (Wildman–Crippen MR) is 59.8 cm³/mol. The van der Waals surface area contributed by atoms with Gasteiger partial charge in [0.25, 0.3) is 0 Å². The summed E-state index contributed by atoms with van der Waals surface area (Å²) in [4.78, 5) is 0. The molecular weight excluding hydrogens is 186 g/mol. The molecule has 82 valence electrons. The molecule has 2 N–H and O–H groups in total. The Morgan fingerprint density at radius 2 is 2.00 bits per heavy atom. The van der Waals surface area contributed by atoms with E-state index >= 15 is 0 Å². The molecule has 0 spiro atoms. The highest BCUT2D eigenvalue weighted by Gasteiger charge is 2.24. The maximum Gasteiger partial charge on any atom is 0.0826 e. The Morgan fingerprint density at radius 3 is 2.87 bits per heavy atom. The fourth-order valence-corrected chi connectivity index (χ4v) is 2.88.